The first-order chi connectivity index (χ1) is 7.15. The maximum absolute atomic E-state index is 3.69. The van der Waals surface area contributed by atoms with Crippen LogP contribution in [0.5, 0.6) is 0 Å². The van der Waals surface area contributed by atoms with E-state index in [1.807, 2.05) is 0 Å². The van der Waals surface area contributed by atoms with Crippen molar-refractivity contribution >= 4 is 0 Å². The van der Waals surface area contributed by atoms with Crippen molar-refractivity contribution in [2.75, 3.05) is 13.1 Å². The predicted molar refractivity (Wildman–Crippen MR) is 65.9 cm³/mol. The summed E-state index contributed by atoms with van der Waals surface area (Å²) in [5, 5.41) is 3.69. The normalized spacial score (nSPS) is 38.4. The molecule has 2 atom stereocenters. The zero-order valence-corrected chi connectivity index (χ0v) is 10.7. The molecule has 0 aromatic carbocycles. The molecule has 2 saturated carbocycles. The number of hydrogen-bond donors (Lipinski definition) is 1. The molecule has 0 saturated heterocycles. The molecule has 2 unspecified atom stereocenters. The fraction of sp³-hybridized carbons (Fsp3) is 1.00. The Labute approximate surface area is 95.0 Å². The van der Waals surface area contributed by atoms with Crippen LogP contribution in [0.3, 0.4) is 0 Å². The fourth-order valence-electron chi connectivity index (χ4n) is 3.60. The minimum atomic E-state index is 0.692. The van der Waals surface area contributed by atoms with E-state index in [-0.39, 0.29) is 0 Å². The highest BCUT2D eigenvalue weighted by molar-refractivity contribution is 5.03. The smallest absolute Gasteiger partial charge is 0.000812 e. The molecule has 2 fully saturated rings. The van der Waals surface area contributed by atoms with Gasteiger partial charge in [0.15, 0.2) is 0 Å². The molecule has 2 rings (SSSR count). The van der Waals surface area contributed by atoms with Crippen molar-refractivity contribution in [3.63, 3.8) is 0 Å². The monoisotopic (exact) mass is 209 g/mol. The Kier molecular flexibility index (Phi) is 3.39. The van der Waals surface area contributed by atoms with Gasteiger partial charge in [-0.25, -0.2) is 0 Å². The van der Waals surface area contributed by atoms with Crippen LogP contribution in [0.15, 0.2) is 0 Å². The second-order valence-electron chi connectivity index (χ2n) is 6.44. The van der Waals surface area contributed by atoms with Gasteiger partial charge in [0.1, 0.15) is 0 Å². The highest BCUT2D eigenvalue weighted by Gasteiger charge is 2.52. The molecule has 0 aromatic heterocycles. The maximum Gasteiger partial charge on any atom is 0.000812 e. The minimum absolute atomic E-state index is 0.692. The molecule has 0 aromatic rings. The summed E-state index contributed by atoms with van der Waals surface area (Å²) in [4.78, 5) is 0. The summed E-state index contributed by atoms with van der Waals surface area (Å²) < 4.78 is 0. The third-order valence-corrected chi connectivity index (χ3v) is 4.29. The third-order valence-electron chi connectivity index (χ3n) is 4.29. The van der Waals surface area contributed by atoms with E-state index in [0.29, 0.717) is 5.41 Å². The van der Waals surface area contributed by atoms with E-state index in [0.717, 1.165) is 17.8 Å². The molecular weight excluding hydrogens is 182 g/mol. The Morgan fingerprint density at radius 1 is 1.27 bits per heavy atom. The van der Waals surface area contributed by atoms with Crippen LogP contribution in [0, 0.1) is 23.2 Å². The van der Waals surface area contributed by atoms with Gasteiger partial charge in [0.25, 0.3) is 0 Å². The highest BCUT2D eigenvalue weighted by Crippen LogP contribution is 2.61. The molecule has 15 heavy (non-hydrogen) atoms. The lowest BCUT2D eigenvalue weighted by atomic mass is 9.79. The summed E-state index contributed by atoms with van der Waals surface area (Å²) in [5.74, 6) is 3.04. The van der Waals surface area contributed by atoms with Crippen LogP contribution in [-0.2, 0) is 0 Å². The Morgan fingerprint density at radius 2 is 1.93 bits per heavy atom. The molecule has 88 valence electrons. The van der Waals surface area contributed by atoms with Crippen LogP contribution in [0.1, 0.15) is 52.9 Å². The summed E-state index contributed by atoms with van der Waals surface area (Å²) >= 11 is 0. The van der Waals surface area contributed by atoms with Crippen LogP contribution in [0.25, 0.3) is 0 Å². The Balaban J connectivity index is 1.78. The topological polar surface area (TPSA) is 12.0 Å². The fourth-order valence-corrected chi connectivity index (χ4v) is 3.60. The number of nitrogens with one attached hydrogen (secondary N) is 1. The molecule has 1 N–H and O–H groups in total. The summed E-state index contributed by atoms with van der Waals surface area (Å²) in [5.41, 5.74) is 0.692. The van der Waals surface area contributed by atoms with Crippen LogP contribution >= 0.6 is 0 Å². The second kappa shape index (κ2) is 4.45. The zero-order valence-electron chi connectivity index (χ0n) is 10.7. The average Bonchev–Trinajstić information content (AvgIpc) is 2.75. The van der Waals surface area contributed by atoms with Gasteiger partial charge in [-0.3, -0.25) is 0 Å². The summed E-state index contributed by atoms with van der Waals surface area (Å²) in [7, 11) is 0. The van der Waals surface area contributed by atoms with Crippen molar-refractivity contribution in [1.29, 1.82) is 0 Å². The van der Waals surface area contributed by atoms with E-state index < -0.39 is 0 Å². The zero-order chi connectivity index (χ0) is 10.9. The van der Waals surface area contributed by atoms with Gasteiger partial charge in [-0.15, -0.1) is 0 Å². The average molecular weight is 209 g/mol. The van der Waals surface area contributed by atoms with E-state index >= 15 is 0 Å². The quantitative estimate of drug-likeness (QED) is 0.706. The van der Waals surface area contributed by atoms with Crippen LogP contribution in [0.4, 0.5) is 0 Å². The van der Waals surface area contributed by atoms with E-state index in [2.05, 4.69) is 26.1 Å². The second-order valence-corrected chi connectivity index (χ2v) is 6.44. The molecule has 1 nitrogen and oxygen atoms in total. The first-order valence-corrected chi connectivity index (χ1v) is 6.86. The Morgan fingerprint density at radius 3 is 2.47 bits per heavy atom. The lowest BCUT2D eigenvalue weighted by Crippen LogP contribution is -2.35. The van der Waals surface area contributed by atoms with Gasteiger partial charge in [0.05, 0.1) is 0 Å². The molecule has 2 aliphatic rings. The highest BCUT2D eigenvalue weighted by atomic mass is 14.9. The number of fused-ring (bicyclic) bond motifs is 1. The van der Waals surface area contributed by atoms with Crippen LogP contribution < -0.4 is 5.32 Å². The Bertz CT molecular complexity index is 199. The van der Waals surface area contributed by atoms with Gasteiger partial charge in [-0.2, -0.15) is 0 Å². The van der Waals surface area contributed by atoms with Gasteiger partial charge in [-0.05, 0) is 55.4 Å². The van der Waals surface area contributed by atoms with Gasteiger partial charge in [0, 0.05) is 6.54 Å². The van der Waals surface area contributed by atoms with E-state index in [1.54, 1.807) is 6.42 Å². The van der Waals surface area contributed by atoms with Gasteiger partial charge in [-0.1, -0.05) is 27.2 Å². The van der Waals surface area contributed by atoms with Crippen LogP contribution in [0.2, 0.25) is 0 Å². The molecule has 0 heterocycles. The molecule has 2 aliphatic carbocycles. The number of rotatable bonds is 6. The van der Waals surface area contributed by atoms with Gasteiger partial charge < -0.3 is 5.32 Å². The lowest BCUT2D eigenvalue weighted by Gasteiger charge is -2.31. The summed E-state index contributed by atoms with van der Waals surface area (Å²) in [6, 6.07) is 0. The minimum Gasteiger partial charge on any atom is -0.316 e. The lowest BCUT2D eigenvalue weighted by molar-refractivity contribution is 0.225. The molecule has 0 amide bonds. The standard InChI is InChI=1S/C14H27N/c1-4-5-14(10-15-9-11(2)3)7-12-6-13(12)8-14/h11-13,15H,4-10H2,1-3H3. The van der Waals surface area contributed by atoms with Crippen LogP contribution in [-0.4, -0.2) is 13.1 Å². The van der Waals surface area contributed by atoms with Crippen molar-refractivity contribution in [2.45, 2.75) is 52.9 Å². The molecule has 0 bridgehead atoms. The molecule has 0 spiro atoms. The molecular formula is C14H27N. The summed E-state index contributed by atoms with van der Waals surface area (Å²) in [6.45, 7) is 9.41. The first kappa shape index (κ1) is 11.4. The first-order valence-electron chi connectivity index (χ1n) is 6.86. The van der Waals surface area contributed by atoms with Crippen molar-refractivity contribution < 1.29 is 0 Å². The molecule has 1 heteroatoms. The molecule has 0 aliphatic heterocycles. The third kappa shape index (κ3) is 2.75. The van der Waals surface area contributed by atoms with Crippen molar-refractivity contribution in [3.8, 4) is 0 Å². The van der Waals surface area contributed by atoms with Gasteiger partial charge >= 0.3 is 0 Å². The Hall–Kier alpha value is -0.0400. The van der Waals surface area contributed by atoms with Crippen molar-refractivity contribution in [2.24, 2.45) is 23.2 Å². The summed E-state index contributed by atoms with van der Waals surface area (Å²) in [6.07, 6.45) is 7.41. The van der Waals surface area contributed by atoms with E-state index in [4.69, 9.17) is 0 Å². The van der Waals surface area contributed by atoms with Crippen molar-refractivity contribution in [3.05, 3.63) is 0 Å². The predicted octanol–water partition coefficient (Wildman–Crippen LogP) is 3.45. The largest absolute Gasteiger partial charge is 0.316 e. The number of hydrogen-bond acceptors (Lipinski definition) is 1. The SMILES string of the molecule is CCCC1(CNCC(C)C)CC2CC2C1. The molecule has 0 radical (unpaired) electrons. The van der Waals surface area contributed by atoms with E-state index in [9.17, 15) is 0 Å². The van der Waals surface area contributed by atoms with Crippen molar-refractivity contribution in [1.82, 2.24) is 5.32 Å². The van der Waals surface area contributed by atoms with Gasteiger partial charge in [0.2, 0.25) is 0 Å². The van der Waals surface area contributed by atoms with E-state index in [1.165, 1.54) is 38.8 Å². The maximum atomic E-state index is 3.69.